The van der Waals surface area contributed by atoms with E-state index < -0.39 is 0 Å². The molecular formula is C21H19N5OS. The van der Waals surface area contributed by atoms with Crippen LogP contribution in [0.3, 0.4) is 0 Å². The Bertz CT molecular complexity index is 1130. The van der Waals surface area contributed by atoms with Crippen LogP contribution in [0.4, 0.5) is 5.69 Å². The van der Waals surface area contributed by atoms with Gasteiger partial charge < -0.3 is 5.32 Å². The molecule has 4 aromatic rings. The van der Waals surface area contributed by atoms with E-state index in [-0.39, 0.29) is 11.2 Å². The fourth-order valence-electron chi connectivity index (χ4n) is 2.84. The highest BCUT2D eigenvalue weighted by Crippen LogP contribution is 2.29. The summed E-state index contributed by atoms with van der Waals surface area (Å²) in [7, 11) is 0. The lowest BCUT2D eigenvalue weighted by Gasteiger charge is -2.13. The zero-order valence-electron chi connectivity index (χ0n) is 15.5. The molecule has 1 N–H and O–H groups in total. The lowest BCUT2D eigenvalue weighted by molar-refractivity contribution is -0.115. The summed E-state index contributed by atoms with van der Waals surface area (Å²) in [5.41, 5.74) is 3.50. The molecule has 1 atom stereocenters. The molecule has 0 saturated heterocycles. The number of hydrogen-bond acceptors (Lipinski definition) is 5. The summed E-state index contributed by atoms with van der Waals surface area (Å²) in [4.78, 5) is 21.4. The number of amides is 1. The van der Waals surface area contributed by atoms with Crippen molar-refractivity contribution < 1.29 is 4.79 Å². The Morgan fingerprint density at radius 1 is 1.07 bits per heavy atom. The molecule has 6 nitrogen and oxygen atoms in total. The van der Waals surface area contributed by atoms with E-state index in [4.69, 9.17) is 0 Å². The highest BCUT2D eigenvalue weighted by molar-refractivity contribution is 8.00. The number of para-hydroxylation sites is 2. The number of fused-ring (bicyclic) bond motifs is 1. The predicted octanol–water partition coefficient (Wildman–Crippen LogP) is 4.24. The number of anilines is 1. The van der Waals surface area contributed by atoms with Gasteiger partial charge in [0.2, 0.25) is 5.91 Å². The highest BCUT2D eigenvalue weighted by atomic mass is 32.2. The van der Waals surface area contributed by atoms with E-state index in [1.54, 1.807) is 10.9 Å². The van der Waals surface area contributed by atoms with Gasteiger partial charge in [-0.3, -0.25) is 4.79 Å². The summed E-state index contributed by atoms with van der Waals surface area (Å²) in [6.45, 7) is 3.84. The number of carbonyl (C=O) groups excluding carboxylic acids is 1. The third-order valence-electron chi connectivity index (χ3n) is 4.39. The summed E-state index contributed by atoms with van der Waals surface area (Å²) in [6.07, 6.45) is 3.26. The van der Waals surface area contributed by atoms with Gasteiger partial charge in [-0.05, 0) is 37.6 Å². The number of aromatic nitrogens is 4. The topological polar surface area (TPSA) is 72.7 Å². The van der Waals surface area contributed by atoms with Crippen molar-refractivity contribution in [2.75, 3.05) is 5.32 Å². The number of nitrogens with zero attached hydrogens (tertiary/aromatic N) is 4. The van der Waals surface area contributed by atoms with Crippen molar-refractivity contribution in [3.05, 3.63) is 72.7 Å². The van der Waals surface area contributed by atoms with Gasteiger partial charge in [0.1, 0.15) is 11.4 Å². The van der Waals surface area contributed by atoms with Crippen LogP contribution in [0.2, 0.25) is 0 Å². The fourth-order valence-corrected chi connectivity index (χ4v) is 3.72. The second-order valence-corrected chi connectivity index (χ2v) is 7.70. The minimum Gasteiger partial charge on any atom is -0.325 e. The van der Waals surface area contributed by atoms with Gasteiger partial charge in [-0.2, -0.15) is 5.10 Å². The molecule has 0 saturated carbocycles. The third-order valence-corrected chi connectivity index (χ3v) is 5.51. The van der Waals surface area contributed by atoms with Gasteiger partial charge >= 0.3 is 0 Å². The molecule has 0 radical (unpaired) electrons. The van der Waals surface area contributed by atoms with Crippen LogP contribution in [0.25, 0.3) is 16.7 Å². The molecule has 2 heterocycles. The Labute approximate surface area is 167 Å². The van der Waals surface area contributed by atoms with Crippen molar-refractivity contribution in [3.63, 3.8) is 0 Å². The summed E-state index contributed by atoms with van der Waals surface area (Å²) in [6, 6.07) is 17.5. The van der Waals surface area contributed by atoms with Crippen LogP contribution in [0.1, 0.15) is 12.5 Å². The second kappa shape index (κ2) is 7.82. The van der Waals surface area contributed by atoms with Crippen LogP contribution in [0, 0.1) is 6.92 Å². The van der Waals surface area contributed by atoms with Gasteiger partial charge in [-0.1, -0.05) is 48.2 Å². The molecule has 4 rings (SSSR count). The van der Waals surface area contributed by atoms with Crippen LogP contribution in [-0.2, 0) is 4.79 Å². The molecule has 140 valence electrons. The standard InChI is InChI=1S/C21H19N5OS/c1-14-8-6-7-11-18(14)25-20(27)15(2)28-21-17-12-24-26(19(17)22-13-23-21)16-9-4-3-5-10-16/h3-13,15H,1-2H3,(H,25,27). The number of benzene rings is 2. The molecule has 2 aromatic carbocycles. The van der Waals surface area contributed by atoms with E-state index >= 15 is 0 Å². The number of rotatable bonds is 5. The van der Waals surface area contributed by atoms with Crippen molar-refractivity contribution in [2.24, 2.45) is 0 Å². The molecule has 0 aliphatic heterocycles. The quantitative estimate of drug-likeness (QED) is 0.408. The maximum atomic E-state index is 12.6. The Morgan fingerprint density at radius 3 is 2.61 bits per heavy atom. The maximum absolute atomic E-state index is 12.6. The summed E-state index contributed by atoms with van der Waals surface area (Å²) < 4.78 is 1.78. The van der Waals surface area contributed by atoms with E-state index in [9.17, 15) is 4.79 Å². The zero-order chi connectivity index (χ0) is 19.5. The van der Waals surface area contributed by atoms with Gasteiger partial charge in [0.05, 0.1) is 22.5 Å². The lowest BCUT2D eigenvalue weighted by atomic mass is 10.2. The van der Waals surface area contributed by atoms with Crippen molar-refractivity contribution in [1.29, 1.82) is 0 Å². The van der Waals surface area contributed by atoms with E-state index in [0.717, 1.165) is 33.0 Å². The van der Waals surface area contributed by atoms with E-state index in [2.05, 4.69) is 20.4 Å². The van der Waals surface area contributed by atoms with Crippen LogP contribution in [-0.4, -0.2) is 30.9 Å². The Kier molecular flexibility index (Phi) is 5.08. The smallest absolute Gasteiger partial charge is 0.237 e. The molecule has 0 aliphatic carbocycles. The van der Waals surface area contributed by atoms with E-state index in [1.165, 1.54) is 18.1 Å². The zero-order valence-corrected chi connectivity index (χ0v) is 16.4. The first-order valence-corrected chi connectivity index (χ1v) is 9.79. The molecule has 28 heavy (non-hydrogen) atoms. The van der Waals surface area contributed by atoms with Crippen LogP contribution >= 0.6 is 11.8 Å². The number of thioether (sulfide) groups is 1. The second-order valence-electron chi connectivity index (χ2n) is 6.37. The molecule has 1 amide bonds. The van der Waals surface area contributed by atoms with Crippen molar-refractivity contribution in [1.82, 2.24) is 19.7 Å². The van der Waals surface area contributed by atoms with Gasteiger partial charge in [0, 0.05) is 5.69 Å². The third kappa shape index (κ3) is 3.61. The van der Waals surface area contributed by atoms with Crippen LogP contribution < -0.4 is 5.32 Å². The first-order valence-electron chi connectivity index (χ1n) is 8.91. The monoisotopic (exact) mass is 389 g/mol. The molecule has 0 aliphatic rings. The van der Waals surface area contributed by atoms with Crippen molar-refractivity contribution in [3.8, 4) is 5.69 Å². The van der Waals surface area contributed by atoms with Crippen molar-refractivity contribution >= 4 is 34.4 Å². The highest BCUT2D eigenvalue weighted by Gasteiger charge is 2.19. The normalized spacial score (nSPS) is 12.1. The van der Waals surface area contributed by atoms with Crippen molar-refractivity contribution in [2.45, 2.75) is 24.1 Å². The number of carbonyl (C=O) groups is 1. The SMILES string of the molecule is Cc1ccccc1NC(=O)C(C)Sc1ncnc2c1cnn2-c1ccccc1. The first-order chi connectivity index (χ1) is 13.6. The summed E-state index contributed by atoms with van der Waals surface area (Å²) in [5.74, 6) is -0.0680. The summed E-state index contributed by atoms with van der Waals surface area (Å²) >= 11 is 1.40. The molecule has 2 aromatic heterocycles. The molecule has 0 fully saturated rings. The molecule has 0 spiro atoms. The van der Waals surface area contributed by atoms with Gasteiger partial charge in [-0.25, -0.2) is 14.6 Å². The fraction of sp³-hybridized carbons (Fsp3) is 0.143. The molecule has 7 heteroatoms. The number of aryl methyl sites for hydroxylation is 1. The number of hydrogen-bond donors (Lipinski definition) is 1. The summed E-state index contributed by atoms with van der Waals surface area (Å²) in [5, 5.41) is 8.68. The largest absolute Gasteiger partial charge is 0.325 e. The van der Waals surface area contributed by atoms with Gasteiger partial charge in [0.15, 0.2) is 5.65 Å². The predicted molar refractivity (Wildman–Crippen MR) is 112 cm³/mol. The Balaban J connectivity index is 1.57. The minimum absolute atomic E-state index is 0.0680. The molecule has 1 unspecified atom stereocenters. The average molecular weight is 389 g/mol. The molecular weight excluding hydrogens is 370 g/mol. The van der Waals surface area contributed by atoms with Gasteiger partial charge in [0.25, 0.3) is 0 Å². The van der Waals surface area contributed by atoms with Crippen LogP contribution in [0.5, 0.6) is 0 Å². The average Bonchev–Trinajstić information content (AvgIpc) is 3.15. The molecule has 0 bridgehead atoms. The Hall–Kier alpha value is -3.19. The number of nitrogens with one attached hydrogen (secondary N) is 1. The Morgan fingerprint density at radius 2 is 1.82 bits per heavy atom. The maximum Gasteiger partial charge on any atom is 0.237 e. The van der Waals surface area contributed by atoms with E-state index in [0.29, 0.717) is 0 Å². The van der Waals surface area contributed by atoms with Gasteiger partial charge in [-0.15, -0.1) is 0 Å². The lowest BCUT2D eigenvalue weighted by Crippen LogP contribution is -2.23. The minimum atomic E-state index is -0.321. The van der Waals surface area contributed by atoms with E-state index in [1.807, 2.05) is 68.4 Å². The first kappa shape index (κ1) is 18.2. The van der Waals surface area contributed by atoms with Crippen LogP contribution in [0.15, 0.2) is 72.1 Å².